The van der Waals surface area contributed by atoms with E-state index < -0.39 is 28.8 Å². The van der Waals surface area contributed by atoms with Gasteiger partial charge >= 0.3 is 6.18 Å². The second-order valence-electron chi connectivity index (χ2n) is 8.48. The van der Waals surface area contributed by atoms with Gasteiger partial charge in [-0.05, 0) is 35.9 Å². The first-order valence-electron chi connectivity index (χ1n) is 10.7. The number of alkyl halides is 3. The maximum absolute atomic E-state index is 13.2. The van der Waals surface area contributed by atoms with Crippen LogP contribution in [0.4, 0.5) is 13.2 Å². The Morgan fingerprint density at radius 1 is 1.00 bits per heavy atom. The smallest absolute Gasteiger partial charge is 0.390 e. The molecule has 2 aromatic carbocycles. The van der Waals surface area contributed by atoms with E-state index in [1.807, 2.05) is 24.3 Å². The van der Waals surface area contributed by atoms with E-state index in [2.05, 4.69) is 9.80 Å². The summed E-state index contributed by atoms with van der Waals surface area (Å²) in [4.78, 5) is 18.7. The van der Waals surface area contributed by atoms with Crippen LogP contribution in [0.1, 0.15) is 21.5 Å². The molecule has 0 bridgehead atoms. The molecule has 2 aromatic rings. The number of rotatable bonds is 4. The molecule has 2 fully saturated rings. The van der Waals surface area contributed by atoms with E-state index in [0.29, 0.717) is 5.02 Å². The predicted molar refractivity (Wildman–Crippen MR) is 120 cm³/mol. The van der Waals surface area contributed by atoms with E-state index in [0.717, 1.165) is 44.9 Å². The highest BCUT2D eigenvalue weighted by atomic mass is 35.5. The van der Waals surface area contributed by atoms with Crippen molar-refractivity contribution in [1.29, 1.82) is 0 Å². The Morgan fingerprint density at radius 3 is 2.30 bits per heavy atom. The summed E-state index contributed by atoms with van der Waals surface area (Å²) in [5.41, 5.74) is 0.0437. The number of benzene rings is 2. The Morgan fingerprint density at radius 2 is 1.67 bits per heavy atom. The molecule has 0 aliphatic carbocycles. The molecule has 33 heavy (non-hydrogen) atoms. The van der Waals surface area contributed by atoms with Crippen molar-refractivity contribution in [3.63, 3.8) is 0 Å². The summed E-state index contributed by atoms with van der Waals surface area (Å²) in [6.45, 7) is 4.24. The average molecular weight is 502 g/mol. The molecule has 2 saturated heterocycles. The van der Waals surface area contributed by atoms with Crippen LogP contribution in [0, 0.1) is 0 Å². The summed E-state index contributed by atoms with van der Waals surface area (Å²) in [5, 5.41) is 10.9. The average Bonchev–Trinajstić information content (AvgIpc) is 3.16. The van der Waals surface area contributed by atoms with Crippen LogP contribution in [0.3, 0.4) is 0 Å². The molecule has 0 aromatic heterocycles. The lowest BCUT2D eigenvalue weighted by Crippen LogP contribution is -2.53. The van der Waals surface area contributed by atoms with Crippen molar-refractivity contribution in [3.05, 3.63) is 69.2 Å². The molecule has 2 aliphatic heterocycles. The number of piperazine rings is 1. The Labute approximate surface area is 200 Å². The van der Waals surface area contributed by atoms with Gasteiger partial charge in [0.25, 0.3) is 5.91 Å². The Kier molecular flexibility index (Phi) is 7.21. The molecule has 0 saturated carbocycles. The van der Waals surface area contributed by atoms with Crippen LogP contribution in [-0.2, 0) is 12.7 Å². The summed E-state index contributed by atoms with van der Waals surface area (Å²) < 4.78 is 39.5. The standard InChI is InChI=1S/C23H24Cl2F3N3O2/c24-17-4-1-15(2-5-17)12-29-7-9-30(10-8-29)20-13-31(14-21(20)32)22(33)16-3-6-19(25)18(11-16)23(26,27)28/h1-6,11,20-21,32H,7-10,12-14H2. The number of amides is 1. The Hall–Kier alpha value is -1.84. The van der Waals surface area contributed by atoms with Gasteiger partial charge in [0.15, 0.2) is 0 Å². The Bertz CT molecular complexity index is 995. The molecule has 2 atom stereocenters. The minimum absolute atomic E-state index is 0.0818. The number of β-amino-alcohol motifs (C(OH)–C–C–N with tert-alkyl or cyclic N) is 1. The fourth-order valence-corrected chi connectivity index (χ4v) is 4.80. The molecule has 1 amide bonds. The zero-order valence-electron chi connectivity index (χ0n) is 17.7. The lowest BCUT2D eigenvalue weighted by atomic mass is 10.1. The van der Waals surface area contributed by atoms with E-state index >= 15 is 0 Å². The first-order valence-corrected chi connectivity index (χ1v) is 11.4. The maximum atomic E-state index is 13.2. The first kappa shape index (κ1) is 24.3. The van der Waals surface area contributed by atoms with Gasteiger partial charge in [0.05, 0.1) is 22.7 Å². The van der Waals surface area contributed by atoms with E-state index in [1.54, 1.807) is 0 Å². The maximum Gasteiger partial charge on any atom is 0.417 e. The third-order valence-corrected chi connectivity index (χ3v) is 6.84. The first-order chi connectivity index (χ1) is 15.6. The SMILES string of the molecule is O=C(c1ccc(Cl)c(C(F)(F)F)c1)N1CC(O)C(N2CCN(Cc3ccc(Cl)cc3)CC2)C1. The van der Waals surface area contributed by atoms with Gasteiger partial charge in [0, 0.05) is 56.4 Å². The fraction of sp³-hybridized carbons (Fsp3) is 0.435. The summed E-state index contributed by atoms with van der Waals surface area (Å²) in [7, 11) is 0. The van der Waals surface area contributed by atoms with Crippen LogP contribution in [0.2, 0.25) is 10.0 Å². The lowest BCUT2D eigenvalue weighted by Gasteiger charge is -2.38. The van der Waals surface area contributed by atoms with Crippen LogP contribution in [0.15, 0.2) is 42.5 Å². The Balaban J connectivity index is 1.35. The fourth-order valence-electron chi connectivity index (χ4n) is 4.45. The molecule has 10 heteroatoms. The van der Waals surface area contributed by atoms with Gasteiger partial charge in [0.2, 0.25) is 0 Å². The van der Waals surface area contributed by atoms with Crippen molar-refractivity contribution in [2.24, 2.45) is 0 Å². The minimum atomic E-state index is -4.65. The van der Waals surface area contributed by atoms with Crippen LogP contribution in [0.5, 0.6) is 0 Å². The summed E-state index contributed by atoms with van der Waals surface area (Å²) >= 11 is 11.6. The molecule has 178 valence electrons. The lowest BCUT2D eigenvalue weighted by molar-refractivity contribution is -0.137. The number of hydrogen-bond acceptors (Lipinski definition) is 4. The molecule has 2 heterocycles. The summed E-state index contributed by atoms with van der Waals surface area (Å²) in [6.07, 6.45) is -5.40. The number of likely N-dealkylation sites (tertiary alicyclic amines) is 1. The zero-order chi connectivity index (χ0) is 23.8. The second-order valence-corrected chi connectivity index (χ2v) is 9.32. The van der Waals surface area contributed by atoms with Gasteiger partial charge in [-0.2, -0.15) is 13.2 Å². The highest BCUT2D eigenvalue weighted by molar-refractivity contribution is 6.31. The normalized spacial score (nSPS) is 22.7. The van der Waals surface area contributed by atoms with Crippen LogP contribution >= 0.6 is 23.2 Å². The zero-order valence-corrected chi connectivity index (χ0v) is 19.2. The topological polar surface area (TPSA) is 47.0 Å². The van der Waals surface area contributed by atoms with Crippen LogP contribution in [0.25, 0.3) is 0 Å². The van der Waals surface area contributed by atoms with Crippen molar-refractivity contribution < 1.29 is 23.1 Å². The van der Waals surface area contributed by atoms with Gasteiger partial charge in [-0.3, -0.25) is 14.6 Å². The van der Waals surface area contributed by atoms with Crippen molar-refractivity contribution in [2.75, 3.05) is 39.3 Å². The minimum Gasteiger partial charge on any atom is -0.390 e. The molecule has 0 radical (unpaired) electrons. The van der Waals surface area contributed by atoms with Crippen LogP contribution in [-0.4, -0.2) is 77.1 Å². The van der Waals surface area contributed by atoms with Crippen molar-refractivity contribution in [1.82, 2.24) is 14.7 Å². The number of hydrogen-bond donors (Lipinski definition) is 1. The number of carbonyl (C=O) groups is 1. The number of aliphatic hydroxyl groups excluding tert-OH is 1. The number of nitrogens with zero attached hydrogens (tertiary/aromatic N) is 3. The van der Waals surface area contributed by atoms with Crippen LogP contribution < -0.4 is 0 Å². The van der Waals surface area contributed by atoms with E-state index in [1.165, 1.54) is 16.5 Å². The predicted octanol–water partition coefficient (Wildman–Crippen LogP) is 4.02. The third kappa shape index (κ3) is 5.63. The molecule has 0 spiro atoms. The second kappa shape index (κ2) is 9.80. The molecular formula is C23H24Cl2F3N3O2. The van der Waals surface area contributed by atoms with Crippen molar-refractivity contribution >= 4 is 29.1 Å². The molecule has 2 unspecified atom stereocenters. The molecular weight excluding hydrogens is 478 g/mol. The number of halogens is 5. The van der Waals surface area contributed by atoms with Gasteiger partial charge in [-0.15, -0.1) is 0 Å². The quantitative estimate of drug-likeness (QED) is 0.687. The monoisotopic (exact) mass is 501 g/mol. The number of carbonyl (C=O) groups excluding carboxylic acids is 1. The highest BCUT2D eigenvalue weighted by Gasteiger charge is 2.40. The van der Waals surface area contributed by atoms with E-state index in [4.69, 9.17) is 23.2 Å². The molecule has 4 rings (SSSR count). The van der Waals surface area contributed by atoms with Crippen molar-refractivity contribution in [2.45, 2.75) is 24.9 Å². The molecule has 1 N–H and O–H groups in total. The largest absolute Gasteiger partial charge is 0.417 e. The number of aliphatic hydroxyl groups is 1. The van der Waals surface area contributed by atoms with Crippen molar-refractivity contribution in [3.8, 4) is 0 Å². The third-order valence-electron chi connectivity index (χ3n) is 6.26. The van der Waals surface area contributed by atoms with E-state index in [-0.39, 0.29) is 24.7 Å². The summed E-state index contributed by atoms with van der Waals surface area (Å²) in [5.74, 6) is -0.542. The van der Waals surface area contributed by atoms with Gasteiger partial charge in [-0.1, -0.05) is 35.3 Å². The summed E-state index contributed by atoms with van der Waals surface area (Å²) in [6, 6.07) is 10.6. The molecule has 2 aliphatic rings. The van der Waals surface area contributed by atoms with Gasteiger partial charge in [-0.25, -0.2) is 0 Å². The van der Waals surface area contributed by atoms with Gasteiger partial charge in [0.1, 0.15) is 0 Å². The van der Waals surface area contributed by atoms with Gasteiger partial charge < -0.3 is 10.0 Å². The highest BCUT2D eigenvalue weighted by Crippen LogP contribution is 2.35. The van der Waals surface area contributed by atoms with E-state index in [9.17, 15) is 23.1 Å². The molecule has 5 nitrogen and oxygen atoms in total.